The van der Waals surface area contributed by atoms with E-state index in [-0.39, 0.29) is 10.9 Å². The molecule has 0 atom stereocenters. The first-order valence-corrected chi connectivity index (χ1v) is 4.93. The summed E-state index contributed by atoms with van der Waals surface area (Å²) in [6.45, 7) is 1.44. The van der Waals surface area contributed by atoms with Gasteiger partial charge < -0.3 is 5.32 Å². The summed E-state index contributed by atoms with van der Waals surface area (Å²) in [7, 11) is 0. The zero-order valence-corrected chi connectivity index (χ0v) is 8.49. The van der Waals surface area contributed by atoms with Crippen molar-refractivity contribution in [3.8, 4) is 0 Å². The highest BCUT2D eigenvalue weighted by molar-refractivity contribution is 6.30. The summed E-state index contributed by atoms with van der Waals surface area (Å²) in [5.41, 5.74) is -0.00882. The molecule has 1 saturated heterocycles. The third kappa shape index (κ3) is 2.26. The summed E-state index contributed by atoms with van der Waals surface area (Å²) in [6, 6.07) is 3.73. The smallest absolute Gasteiger partial charge is 0.315 e. The lowest BCUT2D eigenvalue weighted by atomic mass is 9.92. The molecule has 0 aliphatic carbocycles. The summed E-state index contributed by atoms with van der Waals surface area (Å²) >= 11 is 5.66. The highest BCUT2D eigenvalue weighted by Gasteiger charge is 2.32. The van der Waals surface area contributed by atoms with Crippen LogP contribution < -0.4 is 5.32 Å². The standard InChI is InChI=1S/C10H9ClF3N/c11-9-2-6(7-4-15-5-7)1-8(3-9)10(12,13)14/h1-3,7,15H,4-5H2. The maximum atomic E-state index is 12.5. The molecule has 5 heteroatoms. The molecule has 82 valence electrons. The number of halogens is 4. The summed E-state index contributed by atoms with van der Waals surface area (Å²) in [5.74, 6) is 0.157. The molecule has 0 saturated carbocycles. The van der Waals surface area contributed by atoms with Crippen molar-refractivity contribution in [2.75, 3.05) is 13.1 Å². The first-order valence-electron chi connectivity index (χ1n) is 4.55. The molecule has 1 aromatic carbocycles. The predicted molar refractivity (Wildman–Crippen MR) is 52.1 cm³/mol. The first-order chi connectivity index (χ1) is 6.97. The van der Waals surface area contributed by atoms with Gasteiger partial charge in [0.05, 0.1) is 5.56 Å². The van der Waals surface area contributed by atoms with Crippen molar-refractivity contribution >= 4 is 11.6 Å². The molecule has 0 spiro atoms. The van der Waals surface area contributed by atoms with Crippen LogP contribution in [0.5, 0.6) is 0 Å². The minimum atomic E-state index is -4.32. The van der Waals surface area contributed by atoms with E-state index in [1.807, 2.05) is 0 Å². The van der Waals surface area contributed by atoms with Gasteiger partial charge >= 0.3 is 6.18 Å². The molecule has 0 bridgehead atoms. The fourth-order valence-corrected chi connectivity index (χ4v) is 1.78. The summed E-state index contributed by atoms with van der Waals surface area (Å²) in [4.78, 5) is 0. The van der Waals surface area contributed by atoms with Gasteiger partial charge in [-0.05, 0) is 23.8 Å². The minimum absolute atomic E-state index is 0.145. The molecule has 0 unspecified atom stereocenters. The first kappa shape index (κ1) is 10.8. The van der Waals surface area contributed by atoms with Crippen LogP contribution in [0.3, 0.4) is 0 Å². The Morgan fingerprint density at radius 3 is 2.33 bits per heavy atom. The molecular formula is C10H9ClF3N. The molecule has 1 aliphatic heterocycles. The van der Waals surface area contributed by atoms with Crippen molar-refractivity contribution in [2.45, 2.75) is 12.1 Å². The van der Waals surface area contributed by atoms with Gasteiger partial charge in [-0.2, -0.15) is 13.2 Å². The van der Waals surface area contributed by atoms with Crippen LogP contribution in [-0.2, 0) is 6.18 Å². The van der Waals surface area contributed by atoms with E-state index in [2.05, 4.69) is 5.32 Å². The van der Waals surface area contributed by atoms with E-state index in [4.69, 9.17) is 11.6 Å². The van der Waals surface area contributed by atoms with Crippen molar-refractivity contribution in [3.63, 3.8) is 0 Å². The molecular weight excluding hydrogens is 227 g/mol. The largest absolute Gasteiger partial charge is 0.416 e. The molecule has 1 N–H and O–H groups in total. The molecule has 1 aliphatic rings. The highest BCUT2D eigenvalue weighted by Crippen LogP contribution is 2.34. The quantitative estimate of drug-likeness (QED) is 0.789. The van der Waals surface area contributed by atoms with Crippen molar-refractivity contribution in [2.24, 2.45) is 0 Å². The molecule has 1 nitrogen and oxygen atoms in total. The fourth-order valence-electron chi connectivity index (χ4n) is 1.54. The van der Waals surface area contributed by atoms with E-state index in [1.54, 1.807) is 6.07 Å². The summed E-state index contributed by atoms with van der Waals surface area (Å²) in [5, 5.41) is 3.16. The molecule has 1 fully saturated rings. The predicted octanol–water partition coefficient (Wildman–Crippen LogP) is 3.05. The van der Waals surface area contributed by atoms with Gasteiger partial charge in [-0.15, -0.1) is 0 Å². The monoisotopic (exact) mass is 235 g/mol. The number of nitrogens with one attached hydrogen (secondary N) is 1. The van der Waals surface area contributed by atoms with E-state index in [1.165, 1.54) is 6.07 Å². The number of hydrogen-bond acceptors (Lipinski definition) is 1. The molecule has 2 rings (SSSR count). The molecule has 0 aromatic heterocycles. The molecule has 0 amide bonds. The normalized spacial score (nSPS) is 17.6. The van der Waals surface area contributed by atoms with Crippen molar-refractivity contribution < 1.29 is 13.2 Å². The van der Waals surface area contributed by atoms with Crippen LogP contribution in [0, 0.1) is 0 Å². The van der Waals surface area contributed by atoms with E-state index in [0.29, 0.717) is 5.56 Å². The van der Waals surface area contributed by atoms with E-state index >= 15 is 0 Å². The Kier molecular flexibility index (Phi) is 2.64. The molecule has 0 radical (unpaired) electrons. The van der Waals surface area contributed by atoms with Gasteiger partial charge in [0, 0.05) is 24.0 Å². The van der Waals surface area contributed by atoms with Gasteiger partial charge in [-0.3, -0.25) is 0 Å². The maximum absolute atomic E-state index is 12.5. The molecule has 1 heterocycles. The Bertz CT molecular complexity index is 371. The maximum Gasteiger partial charge on any atom is 0.416 e. The summed E-state index contributed by atoms with van der Waals surface area (Å²) < 4.78 is 37.4. The number of benzene rings is 1. The van der Waals surface area contributed by atoms with Crippen LogP contribution in [0.4, 0.5) is 13.2 Å². The highest BCUT2D eigenvalue weighted by atomic mass is 35.5. The zero-order chi connectivity index (χ0) is 11.1. The average Bonchev–Trinajstić information content (AvgIpc) is 1.97. The Morgan fingerprint density at radius 1 is 1.20 bits per heavy atom. The lowest BCUT2D eigenvalue weighted by Crippen LogP contribution is -2.39. The van der Waals surface area contributed by atoms with Crippen LogP contribution in [0.1, 0.15) is 17.0 Å². The minimum Gasteiger partial charge on any atom is -0.315 e. The van der Waals surface area contributed by atoms with Crippen molar-refractivity contribution in [1.29, 1.82) is 0 Å². The van der Waals surface area contributed by atoms with Crippen LogP contribution in [0.25, 0.3) is 0 Å². The second kappa shape index (κ2) is 3.68. The Balaban J connectivity index is 2.36. The van der Waals surface area contributed by atoms with Gasteiger partial charge in [-0.1, -0.05) is 11.6 Å². The average molecular weight is 236 g/mol. The number of rotatable bonds is 1. The topological polar surface area (TPSA) is 12.0 Å². The van der Waals surface area contributed by atoms with Gasteiger partial charge in [0.15, 0.2) is 0 Å². The number of hydrogen-bond donors (Lipinski definition) is 1. The zero-order valence-electron chi connectivity index (χ0n) is 7.74. The van der Waals surface area contributed by atoms with Crippen LogP contribution >= 0.6 is 11.6 Å². The van der Waals surface area contributed by atoms with Crippen molar-refractivity contribution in [3.05, 3.63) is 34.3 Å². The lowest BCUT2D eigenvalue weighted by molar-refractivity contribution is -0.137. The van der Waals surface area contributed by atoms with Gasteiger partial charge in [0.1, 0.15) is 0 Å². The number of alkyl halides is 3. The third-order valence-electron chi connectivity index (χ3n) is 2.50. The molecule has 15 heavy (non-hydrogen) atoms. The van der Waals surface area contributed by atoms with E-state index < -0.39 is 11.7 Å². The van der Waals surface area contributed by atoms with Crippen LogP contribution in [-0.4, -0.2) is 13.1 Å². The van der Waals surface area contributed by atoms with Crippen molar-refractivity contribution in [1.82, 2.24) is 5.32 Å². The second-order valence-corrected chi connectivity index (χ2v) is 4.06. The third-order valence-corrected chi connectivity index (χ3v) is 2.72. The van der Waals surface area contributed by atoms with Crippen LogP contribution in [0.15, 0.2) is 18.2 Å². The lowest BCUT2D eigenvalue weighted by Gasteiger charge is -2.28. The van der Waals surface area contributed by atoms with E-state index in [0.717, 1.165) is 19.2 Å². The van der Waals surface area contributed by atoms with Crippen LogP contribution in [0.2, 0.25) is 5.02 Å². The Labute approximate surface area is 90.2 Å². The van der Waals surface area contributed by atoms with Gasteiger partial charge in [0.25, 0.3) is 0 Å². The van der Waals surface area contributed by atoms with Gasteiger partial charge in [0.2, 0.25) is 0 Å². The Morgan fingerprint density at radius 2 is 1.87 bits per heavy atom. The second-order valence-electron chi connectivity index (χ2n) is 3.63. The molecule has 1 aromatic rings. The Hall–Kier alpha value is -0.740. The fraction of sp³-hybridized carbons (Fsp3) is 0.400. The van der Waals surface area contributed by atoms with E-state index in [9.17, 15) is 13.2 Å². The van der Waals surface area contributed by atoms with Gasteiger partial charge in [-0.25, -0.2) is 0 Å². The SMILES string of the molecule is FC(F)(F)c1cc(Cl)cc(C2CNC2)c1. The summed E-state index contributed by atoms with van der Waals surface area (Å²) in [6.07, 6.45) is -4.32.